The van der Waals surface area contributed by atoms with Gasteiger partial charge < -0.3 is 20.1 Å². The summed E-state index contributed by atoms with van der Waals surface area (Å²) < 4.78 is 7.06. The third-order valence-electron chi connectivity index (χ3n) is 6.56. The van der Waals surface area contributed by atoms with Crippen LogP contribution in [0.15, 0.2) is 36.4 Å². The van der Waals surface area contributed by atoms with E-state index in [4.69, 9.17) is 16.3 Å². The molecule has 3 aromatic rings. The van der Waals surface area contributed by atoms with Crippen molar-refractivity contribution in [3.63, 3.8) is 0 Å². The molecule has 5 rings (SSSR count). The van der Waals surface area contributed by atoms with Crippen LogP contribution in [0.1, 0.15) is 34.5 Å². The molecule has 0 radical (unpaired) electrons. The van der Waals surface area contributed by atoms with Gasteiger partial charge in [0.25, 0.3) is 0 Å². The minimum Gasteiger partial charge on any atom is -0.478 e. The van der Waals surface area contributed by atoms with Crippen LogP contribution in [-0.2, 0) is 4.74 Å². The van der Waals surface area contributed by atoms with Crippen molar-refractivity contribution in [2.45, 2.75) is 38.3 Å². The van der Waals surface area contributed by atoms with Crippen LogP contribution in [0.5, 0.6) is 0 Å². The van der Waals surface area contributed by atoms with E-state index in [0.29, 0.717) is 36.3 Å². The second kappa shape index (κ2) is 9.02. The average molecular weight is 471 g/mol. The zero-order valence-corrected chi connectivity index (χ0v) is 19.6. The standard InChI is InChI=1S/C25H27ClN2O3S/c1-15-24(20-7-6-17(26)12-23(20)32-15)16-5-8-22(21(11-16)25(29)30)28-9-10-31-19(14-28)13-27-18-3-2-4-18/h5-8,11-12,18-19,27H,2-4,9-10,13-14H2,1H3,(H,29,30). The summed E-state index contributed by atoms with van der Waals surface area (Å²) in [5.41, 5.74) is 3.11. The topological polar surface area (TPSA) is 61.8 Å². The third-order valence-corrected chi connectivity index (χ3v) is 7.87. The zero-order valence-electron chi connectivity index (χ0n) is 18.1. The number of nitrogens with zero attached hydrogens (tertiary/aromatic N) is 1. The number of thiophene rings is 1. The van der Waals surface area contributed by atoms with Crippen LogP contribution in [0.25, 0.3) is 21.2 Å². The lowest BCUT2D eigenvalue weighted by atomic mass is 9.93. The quantitative estimate of drug-likeness (QED) is 0.492. The van der Waals surface area contributed by atoms with Crippen LogP contribution in [0.2, 0.25) is 5.02 Å². The third kappa shape index (κ3) is 4.25. The molecule has 0 amide bonds. The summed E-state index contributed by atoms with van der Waals surface area (Å²) in [5, 5.41) is 15.4. The van der Waals surface area contributed by atoms with E-state index >= 15 is 0 Å². The first-order valence-corrected chi connectivity index (χ1v) is 12.4. The second-order valence-electron chi connectivity index (χ2n) is 8.69. The predicted molar refractivity (Wildman–Crippen MR) is 132 cm³/mol. The fraction of sp³-hybridized carbons (Fsp3) is 0.400. The van der Waals surface area contributed by atoms with Crippen molar-refractivity contribution in [1.82, 2.24) is 5.32 Å². The van der Waals surface area contributed by atoms with Crippen LogP contribution in [0, 0.1) is 6.92 Å². The van der Waals surface area contributed by atoms with Gasteiger partial charge in [0.15, 0.2) is 0 Å². The highest BCUT2D eigenvalue weighted by molar-refractivity contribution is 7.19. The van der Waals surface area contributed by atoms with Gasteiger partial charge in [-0.25, -0.2) is 4.79 Å². The summed E-state index contributed by atoms with van der Waals surface area (Å²) in [6.45, 7) is 4.87. The number of nitrogens with one attached hydrogen (secondary N) is 1. The molecule has 2 aromatic carbocycles. The molecule has 1 aliphatic carbocycles. The Morgan fingerprint density at radius 2 is 2.12 bits per heavy atom. The van der Waals surface area contributed by atoms with Gasteiger partial charge in [0, 0.05) is 51.2 Å². The largest absolute Gasteiger partial charge is 0.478 e. The number of rotatable bonds is 6. The second-order valence-corrected chi connectivity index (χ2v) is 10.4. The first-order chi connectivity index (χ1) is 15.5. The molecule has 1 atom stereocenters. The SMILES string of the molecule is Cc1sc2cc(Cl)ccc2c1-c1ccc(N2CCOC(CNC3CCC3)C2)c(C(=O)O)c1. The number of fused-ring (bicyclic) bond motifs is 1. The predicted octanol–water partition coefficient (Wildman–Crippen LogP) is 5.58. The van der Waals surface area contributed by atoms with Crippen molar-refractivity contribution in [3.05, 3.63) is 51.9 Å². The molecule has 1 aromatic heterocycles. The number of carbonyl (C=O) groups is 1. The number of aromatic carboxylic acids is 1. The Hall–Kier alpha value is -2.12. The lowest BCUT2D eigenvalue weighted by molar-refractivity contribution is 0.0370. The van der Waals surface area contributed by atoms with Gasteiger partial charge >= 0.3 is 5.97 Å². The first kappa shape index (κ1) is 21.7. The Balaban J connectivity index is 1.43. The van der Waals surface area contributed by atoms with E-state index in [1.54, 1.807) is 11.3 Å². The van der Waals surface area contributed by atoms with Crippen molar-refractivity contribution in [1.29, 1.82) is 0 Å². The number of hydrogen-bond donors (Lipinski definition) is 2. The number of carboxylic acids is 1. The Kier molecular flexibility index (Phi) is 6.12. The van der Waals surface area contributed by atoms with E-state index in [1.165, 1.54) is 19.3 Å². The van der Waals surface area contributed by atoms with Gasteiger partial charge in [-0.1, -0.05) is 30.2 Å². The molecule has 2 aliphatic rings. The fourth-order valence-electron chi connectivity index (χ4n) is 4.66. The molecule has 1 unspecified atom stereocenters. The Morgan fingerprint density at radius 3 is 2.88 bits per heavy atom. The molecule has 5 nitrogen and oxygen atoms in total. The number of anilines is 1. The molecule has 0 spiro atoms. The molecular weight excluding hydrogens is 444 g/mol. The smallest absolute Gasteiger partial charge is 0.337 e. The minimum absolute atomic E-state index is 0.0680. The lowest BCUT2D eigenvalue weighted by Gasteiger charge is -2.37. The number of aryl methyl sites for hydroxylation is 1. The van der Waals surface area contributed by atoms with Gasteiger partial charge in [-0.05, 0) is 49.6 Å². The average Bonchev–Trinajstić information content (AvgIpc) is 3.07. The summed E-state index contributed by atoms with van der Waals surface area (Å²) in [4.78, 5) is 15.5. The maximum Gasteiger partial charge on any atom is 0.337 e. The van der Waals surface area contributed by atoms with E-state index in [9.17, 15) is 9.90 Å². The van der Waals surface area contributed by atoms with Gasteiger partial charge in [0.05, 0.1) is 24.0 Å². The van der Waals surface area contributed by atoms with Crippen LogP contribution in [-0.4, -0.2) is 49.5 Å². The van der Waals surface area contributed by atoms with Crippen LogP contribution in [0.4, 0.5) is 5.69 Å². The number of morpholine rings is 1. The van der Waals surface area contributed by atoms with Crippen LogP contribution in [0.3, 0.4) is 0 Å². The highest BCUT2D eigenvalue weighted by Gasteiger charge is 2.26. The number of benzene rings is 2. The summed E-state index contributed by atoms with van der Waals surface area (Å²) in [6, 6.07) is 12.3. The summed E-state index contributed by atoms with van der Waals surface area (Å²) in [5.74, 6) is -0.905. The number of carboxylic acid groups (broad SMARTS) is 1. The maximum absolute atomic E-state index is 12.2. The number of ether oxygens (including phenoxy) is 1. The number of halogens is 1. The maximum atomic E-state index is 12.2. The minimum atomic E-state index is -0.905. The van der Waals surface area contributed by atoms with Gasteiger partial charge in [0.1, 0.15) is 0 Å². The van der Waals surface area contributed by atoms with Crippen molar-refractivity contribution in [2.75, 3.05) is 31.1 Å². The molecular formula is C25H27ClN2O3S. The lowest BCUT2D eigenvalue weighted by Crippen LogP contribution is -2.49. The Bertz CT molecular complexity index is 1160. The van der Waals surface area contributed by atoms with Crippen molar-refractivity contribution >= 4 is 44.7 Å². The summed E-state index contributed by atoms with van der Waals surface area (Å²) in [7, 11) is 0. The zero-order chi connectivity index (χ0) is 22.2. The van der Waals surface area contributed by atoms with Gasteiger partial charge in [-0.3, -0.25) is 0 Å². The van der Waals surface area contributed by atoms with Crippen molar-refractivity contribution < 1.29 is 14.6 Å². The van der Waals surface area contributed by atoms with E-state index in [-0.39, 0.29) is 6.10 Å². The molecule has 2 heterocycles. The van der Waals surface area contributed by atoms with Crippen LogP contribution < -0.4 is 10.2 Å². The fourth-order valence-corrected chi connectivity index (χ4v) is 6.02. The number of hydrogen-bond acceptors (Lipinski definition) is 5. The Labute approximate surface area is 196 Å². The van der Waals surface area contributed by atoms with E-state index in [2.05, 4.69) is 17.1 Å². The van der Waals surface area contributed by atoms with Crippen molar-refractivity contribution in [2.24, 2.45) is 0 Å². The van der Waals surface area contributed by atoms with Gasteiger partial charge in [-0.2, -0.15) is 0 Å². The van der Waals surface area contributed by atoms with Gasteiger partial charge in [-0.15, -0.1) is 11.3 Å². The molecule has 2 N–H and O–H groups in total. The molecule has 32 heavy (non-hydrogen) atoms. The Morgan fingerprint density at radius 1 is 1.28 bits per heavy atom. The monoisotopic (exact) mass is 470 g/mol. The van der Waals surface area contributed by atoms with Crippen LogP contribution >= 0.6 is 22.9 Å². The molecule has 0 bridgehead atoms. The van der Waals surface area contributed by atoms with Gasteiger partial charge in [0.2, 0.25) is 0 Å². The summed E-state index contributed by atoms with van der Waals surface area (Å²) in [6.07, 6.45) is 3.85. The molecule has 2 fully saturated rings. The molecule has 7 heteroatoms. The highest BCUT2D eigenvalue weighted by atomic mass is 35.5. The molecule has 1 saturated heterocycles. The van der Waals surface area contributed by atoms with E-state index < -0.39 is 5.97 Å². The molecule has 1 aliphatic heterocycles. The van der Waals surface area contributed by atoms with E-state index in [0.717, 1.165) is 38.3 Å². The normalized spacial score (nSPS) is 19.3. The summed E-state index contributed by atoms with van der Waals surface area (Å²) >= 11 is 7.85. The van der Waals surface area contributed by atoms with E-state index in [1.807, 2.05) is 36.4 Å². The highest BCUT2D eigenvalue weighted by Crippen LogP contribution is 2.40. The first-order valence-electron chi connectivity index (χ1n) is 11.2. The molecule has 1 saturated carbocycles. The van der Waals surface area contributed by atoms with Crippen molar-refractivity contribution in [3.8, 4) is 11.1 Å². The molecule has 168 valence electrons.